The Morgan fingerprint density at radius 3 is 2.56 bits per heavy atom. The summed E-state index contributed by atoms with van der Waals surface area (Å²) >= 11 is 0. The summed E-state index contributed by atoms with van der Waals surface area (Å²) in [4.78, 5) is 18.8. The lowest BCUT2D eigenvalue weighted by Gasteiger charge is -2.36. The van der Waals surface area contributed by atoms with Crippen LogP contribution in [0.1, 0.15) is 21.4 Å². The third kappa shape index (κ3) is 6.27. The molecule has 1 heterocycles. The van der Waals surface area contributed by atoms with Crippen LogP contribution in [0.4, 0.5) is 31.1 Å². The van der Waals surface area contributed by atoms with Gasteiger partial charge in [0.05, 0.1) is 18.2 Å². The monoisotopic (exact) mass is 376 g/mol. The third-order valence-electron chi connectivity index (χ3n) is 3.42. The Morgan fingerprint density at radius 1 is 1.28 bits per heavy atom. The number of carbonyl (C=O) groups excluding carboxylic acids is 1. The van der Waals surface area contributed by atoms with Crippen molar-refractivity contribution in [1.29, 1.82) is 0 Å². The lowest BCUT2D eigenvalue weighted by atomic mass is 9.80. The highest BCUT2D eigenvalue weighted by Gasteiger charge is 2.48. The van der Waals surface area contributed by atoms with Crippen molar-refractivity contribution < 1.29 is 38.7 Å². The van der Waals surface area contributed by atoms with Crippen molar-refractivity contribution in [3.63, 3.8) is 0 Å². The number of hydrogen-bond donors (Lipinski definition) is 2. The Morgan fingerprint density at radius 2 is 1.96 bits per heavy atom. The maximum absolute atomic E-state index is 12.3. The number of ether oxygens (including phenoxy) is 1. The van der Waals surface area contributed by atoms with Gasteiger partial charge in [-0.05, 0) is 18.9 Å². The molecule has 0 spiro atoms. The molecule has 0 unspecified atom stereocenters. The van der Waals surface area contributed by atoms with E-state index in [0.717, 1.165) is 6.20 Å². The first-order valence-corrected chi connectivity index (χ1v) is 7.15. The zero-order valence-electron chi connectivity index (χ0n) is 12.6. The fourth-order valence-corrected chi connectivity index (χ4v) is 2.10. The molecule has 1 aliphatic carbocycles. The molecule has 1 aliphatic rings. The molecule has 1 aromatic heterocycles. The lowest BCUT2D eigenvalue weighted by Crippen LogP contribution is -2.51. The Hall–Kier alpha value is -2.27. The van der Waals surface area contributed by atoms with E-state index >= 15 is 0 Å². The van der Waals surface area contributed by atoms with E-state index in [2.05, 4.69) is 25.3 Å². The number of carbonyl (C=O) groups is 1. The van der Waals surface area contributed by atoms with E-state index in [-0.39, 0.29) is 27.9 Å². The fraction of sp³-hybridized carbons (Fsp3) is 0.615. The average molecular weight is 376 g/mol. The largest absolute Gasteiger partial charge is 0.454 e. The molecule has 0 aliphatic heterocycles. The number of urea groups is 1. The van der Waals surface area contributed by atoms with Crippen LogP contribution in [-0.4, -0.2) is 41.0 Å². The van der Waals surface area contributed by atoms with E-state index in [1.807, 2.05) is 0 Å². The molecule has 0 atom stereocenters. The summed E-state index contributed by atoms with van der Waals surface area (Å²) in [5, 5.41) is 4.73. The summed E-state index contributed by atoms with van der Waals surface area (Å²) in [5.74, 6) is -1.41. The number of hydrogen-bond acceptors (Lipinski definition) is 4. The molecule has 1 aromatic rings. The van der Waals surface area contributed by atoms with Crippen LogP contribution in [-0.2, 0) is 6.54 Å². The number of amides is 2. The normalized spacial score (nSPS) is 20.6. The lowest BCUT2D eigenvalue weighted by molar-refractivity contribution is -0.198. The second kappa shape index (κ2) is 7.31. The molecular weight excluding hydrogens is 358 g/mol. The van der Waals surface area contributed by atoms with Gasteiger partial charge in [-0.2, -0.15) is 31.3 Å². The maximum atomic E-state index is 12.3. The first-order valence-electron chi connectivity index (χ1n) is 7.15. The number of aromatic nitrogens is 2. The standard InChI is InChI=1S/C13H14F6N4O2.2H2/c14-12(15,16)6-25-11-20-2-1-8(23-11)5-21-10(24)22-9-3-7(4-9)13(17,18)19;;/h1-2,7,9H,3-6H2,(H2,21,22,24);2*1H. The Balaban J connectivity index is 0.00000338. The number of nitrogens with one attached hydrogen (secondary N) is 2. The molecule has 6 nitrogen and oxygen atoms in total. The molecule has 12 heteroatoms. The van der Waals surface area contributed by atoms with Crippen LogP contribution in [0.15, 0.2) is 12.3 Å². The molecule has 144 valence electrons. The van der Waals surface area contributed by atoms with Gasteiger partial charge < -0.3 is 15.4 Å². The van der Waals surface area contributed by atoms with Crippen molar-refractivity contribution in [2.75, 3.05) is 6.61 Å². The van der Waals surface area contributed by atoms with Crippen LogP contribution in [0.2, 0.25) is 0 Å². The third-order valence-corrected chi connectivity index (χ3v) is 3.42. The van der Waals surface area contributed by atoms with Crippen LogP contribution in [0.25, 0.3) is 0 Å². The average Bonchev–Trinajstić information content (AvgIpc) is 2.45. The predicted molar refractivity (Wildman–Crippen MR) is 75.7 cm³/mol. The van der Waals surface area contributed by atoms with E-state index in [1.165, 1.54) is 6.07 Å². The summed E-state index contributed by atoms with van der Waals surface area (Å²) in [6, 6.07) is -0.405. The number of halogens is 6. The summed E-state index contributed by atoms with van der Waals surface area (Å²) in [6.07, 6.45) is -8.00. The minimum atomic E-state index is -4.53. The second-order valence-electron chi connectivity index (χ2n) is 5.47. The van der Waals surface area contributed by atoms with Gasteiger partial charge in [0, 0.05) is 15.1 Å². The maximum Gasteiger partial charge on any atom is 0.422 e. The van der Waals surface area contributed by atoms with Gasteiger partial charge in [-0.25, -0.2) is 9.78 Å². The van der Waals surface area contributed by atoms with E-state index in [9.17, 15) is 31.1 Å². The first kappa shape index (κ1) is 19.1. The zero-order valence-corrected chi connectivity index (χ0v) is 12.6. The number of rotatable bonds is 5. The van der Waals surface area contributed by atoms with Gasteiger partial charge in [0.1, 0.15) is 0 Å². The quantitative estimate of drug-likeness (QED) is 0.775. The SMILES string of the molecule is O=C(NCc1ccnc(OCC(F)(F)F)n1)NC1CC(C(F)(F)F)C1.[HH].[HH]. The van der Waals surface area contributed by atoms with Gasteiger partial charge in [0.15, 0.2) is 6.61 Å². The van der Waals surface area contributed by atoms with Crippen LogP contribution in [0.5, 0.6) is 6.01 Å². The van der Waals surface area contributed by atoms with Gasteiger partial charge in [0.2, 0.25) is 0 Å². The molecule has 1 fully saturated rings. The van der Waals surface area contributed by atoms with Gasteiger partial charge >= 0.3 is 24.4 Å². The van der Waals surface area contributed by atoms with E-state index in [4.69, 9.17) is 0 Å². The van der Waals surface area contributed by atoms with E-state index in [0.29, 0.717) is 0 Å². The van der Waals surface area contributed by atoms with Crippen molar-refractivity contribution in [2.45, 2.75) is 37.8 Å². The van der Waals surface area contributed by atoms with Gasteiger partial charge in [0.25, 0.3) is 0 Å². The number of nitrogens with zero attached hydrogens (tertiary/aromatic N) is 2. The van der Waals surface area contributed by atoms with Crippen LogP contribution in [0, 0.1) is 5.92 Å². The van der Waals surface area contributed by atoms with Crippen LogP contribution < -0.4 is 15.4 Å². The van der Waals surface area contributed by atoms with Crippen molar-refractivity contribution >= 4 is 6.03 Å². The van der Waals surface area contributed by atoms with Gasteiger partial charge in [-0.1, -0.05) is 0 Å². The second-order valence-corrected chi connectivity index (χ2v) is 5.47. The predicted octanol–water partition coefficient (Wildman–Crippen LogP) is 3.05. The van der Waals surface area contributed by atoms with Gasteiger partial charge in [-0.3, -0.25) is 0 Å². The van der Waals surface area contributed by atoms with Crippen molar-refractivity contribution in [3.05, 3.63) is 18.0 Å². The molecule has 2 amide bonds. The summed E-state index contributed by atoms with van der Waals surface area (Å²) < 4.78 is 77.5. The van der Waals surface area contributed by atoms with Crippen LogP contribution >= 0.6 is 0 Å². The molecule has 2 rings (SSSR count). The highest BCUT2D eigenvalue weighted by molar-refractivity contribution is 5.74. The minimum absolute atomic E-state index is 0. The molecule has 0 saturated heterocycles. The molecule has 0 aromatic carbocycles. The van der Waals surface area contributed by atoms with E-state index < -0.39 is 43.0 Å². The molecule has 1 saturated carbocycles. The van der Waals surface area contributed by atoms with E-state index in [1.54, 1.807) is 0 Å². The Labute approximate surface area is 140 Å². The molecule has 2 N–H and O–H groups in total. The van der Waals surface area contributed by atoms with Crippen LogP contribution in [0.3, 0.4) is 0 Å². The highest BCUT2D eigenvalue weighted by Crippen LogP contribution is 2.40. The Bertz CT molecular complexity index is 611. The first-order chi connectivity index (χ1) is 11.5. The molecule has 0 bridgehead atoms. The minimum Gasteiger partial charge on any atom is -0.454 e. The number of alkyl halides is 6. The molecule has 25 heavy (non-hydrogen) atoms. The summed E-state index contributed by atoms with van der Waals surface area (Å²) in [7, 11) is 0. The fourth-order valence-electron chi connectivity index (χ4n) is 2.10. The van der Waals surface area contributed by atoms with Crippen molar-refractivity contribution in [3.8, 4) is 6.01 Å². The van der Waals surface area contributed by atoms with Gasteiger partial charge in [-0.15, -0.1) is 0 Å². The highest BCUT2D eigenvalue weighted by atomic mass is 19.4. The van der Waals surface area contributed by atoms with Crippen molar-refractivity contribution in [1.82, 2.24) is 20.6 Å². The molecular formula is C13H18F6N4O2. The topological polar surface area (TPSA) is 76.1 Å². The van der Waals surface area contributed by atoms with Crippen molar-refractivity contribution in [2.24, 2.45) is 5.92 Å². The summed E-state index contributed by atoms with van der Waals surface area (Å²) in [5.41, 5.74) is 0.184. The summed E-state index contributed by atoms with van der Waals surface area (Å²) in [6.45, 7) is -1.70. The zero-order chi connectivity index (χ0) is 18.7. The Kier molecular flexibility index (Phi) is 5.58. The molecule has 0 radical (unpaired) electrons. The smallest absolute Gasteiger partial charge is 0.422 e.